The number of hydrogen-bond donors (Lipinski definition) is 1. The molecule has 1 fully saturated rings. The molecule has 0 saturated carbocycles. The molecule has 184 valence electrons. The number of carbonyl (C=O) groups is 1. The first-order valence-electron chi connectivity index (χ1n) is 11.4. The molecule has 35 heavy (non-hydrogen) atoms. The van der Waals surface area contributed by atoms with Crippen LogP contribution in [0.1, 0.15) is 15.9 Å². The van der Waals surface area contributed by atoms with Crippen molar-refractivity contribution in [3.8, 4) is 17.2 Å². The molecule has 0 spiro atoms. The molecule has 1 amide bonds. The summed E-state index contributed by atoms with van der Waals surface area (Å²) in [5.41, 5.74) is 2.90. The molecule has 1 heterocycles. The molecule has 3 aromatic carbocycles. The first kappa shape index (κ1) is 24.3. The van der Waals surface area contributed by atoms with Gasteiger partial charge in [-0.2, -0.15) is 0 Å². The Hall–Kier alpha value is -3.78. The number of rotatable bonds is 8. The van der Waals surface area contributed by atoms with E-state index in [1.165, 1.54) is 27.4 Å². The maximum absolute atomic E-state index is 13.9. The van der Waals surface area contributed by atoms with Gasteiger partial charge in [0.25, 0.3) is 5.91 Å². The summed E-state index contributed by atoms with van der Waals surface area (Å²) in [6.45, 7) is 4.03. The Morgan fingerprint density at radius 1 is 0.886 bits per heavy atom. The average Bonchev–Trinajstić information content (AvgIpc) is 2.90. The standard InChI is InChI=1S/C27H30FN3O4/c1-33-24-16-20(17-25(34-2)26(24)35-3)27(32)29-21-8-10-22(11-9-21)31-14-12-30(13-15-31)18-19-6-4-5-7-23(19)28/h4-11,16-17H,12-15,18H2,1-3H3,(H,29,32). The van der Waals surface area contributed by atoms with Crippen LogP contribution in [0.5, 0.6) is 17.2 Å². The van der Waals surface area contributed by atoms with Crippen molar-refractivity contribution < 1.29 is 23.4 Å². The van der Waals surface area contributed by atoms with Crippen molar-refractivity contribution in [3.05, 3.63) is 77.6 Å². The Labute approximate surface area is 205 Å². The van der Waals surface area contributed by atoms with E-state index in [0.717, 1.165) is 37.4 Å². The molecule has 7 nitrogen and oxygen atoms in total. The third-order valence-corrected chi connectivity index (χ3v) is 6.14. The highest BCUT2D eigenvalue weighted by Gasteiger charge is 2.19. The van der Waals surface area contributed by atoms with Gasteiger partial charge in [0.15, 0.2) is 11.5 Å². The molecule has 1 N–H and O–H groups in total. The summed E-state index contributed by atoms with van der Waals surface area (Å²) in [5, 5.41) is 2.91. The lowest BCUT2D eigenvalue weighted by Crippen LogP contribution is -2.46. The molecule has 3 aromatic rings. The molecule has 0 unspecified atom stereocenters. The van der Waals surface area contributed by atoms with E-state index in [0.29, 0.717) is 35.0 Å². The van der Waals surface area contributed by atoms with Crippen LogP contribution >= 0.6 is 0 Å². The number of piperazine rings is 1. The van der Waals surface area contributed by atoms with Gasteiger partial charge in [-0.15, -0.1) is 0 Å². The molecule has 0 radical (unpaired) electrons. The van der Waals surface area contributed by atoms with Crippen LogP contribution in [0.3, 0.4) is 0 Å². The number of anilines is 2. The second-order valence-electron chi connectivity index (χ2n) is 8.27. The Balaban J connectivity index is 1.36. The second kappa shape index (κ2) is 11.1. The maximum Gasteiger partial charge on any atom is 0.255 e. The van der Waals surface area contributed by atoms with E-state index in [9.17, 15) is 9.18 Å². The van der Waals surface area contributed by atoms with Crippen LogP contribution in [0, 0.1) is 5.82 Å². The minimum absolute atomic E-state index is 0.154. The predicted molar refractivity (Wildman–Crippen MR) is 134 cm³/mol. The van der Waals surface area contributed by atoms with Gasteiger partial charge in [0.1, 0.15) is 5.82 Å². The van der Waals surface area contributed by atoms with Crippen molar-refractivity contribution in [3.63, 3.8) is 0 Å². The zero-order valence-corrected chi connectivity index (χ0v) is 20.2. The summed E-state index contributed by atoms with van der Waals surface area (Å²) in [6.07, 6.45) is 0. The lowest BCUT2D eigenvalue weighted by Gasteiger charge is -2.36. The van der Waals surface area contributed by atoms with Crippen molar-refractivity contribution in [2.24, 2.45) is 0 Å². The molecule has 1 aliphatic rings. The summed E-state index contributed by atoms with van der Waals surface area (Å²) in [5.74, 6) is 0.839. The maximum atomic E-state index is 13.9. The average molecular weight is 480 g/mol. The molecular formula is C27H30FN3O4. The van der Waals surface area contributed by atoms with E-state index >= 15 is 0 Å². The third-order valence-electron chi connectivity index (χ3n) is 6.14. The number of hydrogen-bond acceptors (Lipinski definition) is 6. The zero-order chi connectivity index (χ0) is 24.8. The molecular weight excluding hydrogens is 449 g/mol. The highest BCUT2D eigenvalue weighted by atomic mass is 19.1. The largest absolute Gasteiger partial charge is 0.493 e. The first-order valence-corrected chi connectivity index (χ1v) is 11.4. The lowest BCUT2D eigenvalue weighted by molar-refractivity contribution is 0.102. The number of carbonyl (C=O) groups excluding carboxylic acids is 1. The molecule has 1 saturated heterocycles. The van der Waals surface area contributed by atoms with Crippen LogP contribution in [0.15, 0.2) is 60.7 Å². The van der Waals surface area contributed by atoms with Crippen molar-refractivity contribution >= 4 is 17.3 Å². The highest BCUT2D eigenvalue weighted by molar-refractivity contribution is 6.05. The molecule has 1 aliphatic heterocycles. The van der Waals surface area contributed by atoms with Gasteiger partial charge in [0.2, 0.25) is 5.75 Å². The van der Waals surface area contributed by atoms with Crippen molar-refractivity contribution in [2.75, 3.05) is 57.7 Å². The van der Waals surface area contributed by atoms with Gasteiger partial charge >= 0.3 is 0 Å². The Morgan fingerprint density at radius 3 is 2.09 bits per heavy atom. The smallest absolute Gasteiger partial charge is 0.255 e. The number of ether oxygens (including phenoxy) is 3. The lowest BCUT2D eigenvalue weighted by atomic mass is 10.1. The Morgan fingerprint density at radius 2 is 1.51 bits per heavy atom. The minimum Gasteiger partial charge on any atom is -0.493 e. The summed E-state index contributed by atoms with van der Waals surface area (Å²) >= 11 is 0. The molecule has 4 rings (SSSR count). The van der Waals surface area contributed by atoms with Crippen molar-refractivity contribution in [1.82, 2.24) is 4.90 Å². The number of amides is 1. The van der Waals surface area contributed by atoms with Gasteiger partial charge in [0.05, 0.1) is 21.3 Å². The molecule has 0 aliphatic carbocycles. The topological polar surface area (TPSA) is 63.3 Å². The fourth-order valence-corrected chi connectivity index (χ4v) is 4.20. The summed E-state index contributed by atoms with van der Waals surface area (Å²) in [6, 6.07) is 17.9. The van der Waals surface area contributed by atoms with E-state index in [1.54, 1.807) is 18.2 Å². The van der Waals surface area contributed by atoms with Crippen LogP contribution in [0.25, 0.3) is 0 Å². The van der Waals surface area contributed by atoms with Crippen LogP contribution in [0.4, 0.5) is 15.8 Å². The van der Waals surface area contributed by atoms with Gasteiger partial charge in [-0.25, -0.2) is 4.39 Å². The van der Waals surface area contributed by atoms with Gasteiger partial charge in [0, 0.05) is 55.2 Å². The number of nitrogens with zero attached hydrogens (tertiary/aromatic N) is 2. The van der Waals surface area contributed by atoms with Crippen LogP contribution in [-0.2, 0) is 6.54 Å². The summed E-state index contributed by atoms with van der Waals surface area (Å²) in [4.78, 5) is 17.4. The number of benzene rings is 3. The normalized spacial score (nSPS) is 13.9. The van der Waals surface area contributed by atoms with Crippen LogP contribution < -0.4 is 24.4 Å². The zero-order valence-electron chi connectivity index (χ0n) is 20.2. The monoisotopic (exact) mass is 479 g/mol. The van der Waals surface area contributed by atoms with E-state index < -0.39 is 0 Å². The molecule has 0 atom stereocenters. The number of methoxy groups -OCH3 is 3. The molecule has 0 aromatic heterocycles. The minimum atomic E-state index is -0.279. The van der Waals surface area contributed by atoms with E-state index in [1.807, 2.05) is 36.4 Å². The fraction of sp³-hybridized carbons (Fsp3) is 0.296. The van der Waals surface area contributed by atoms with Gasteiger partial charge in [-0.1, -0.05) is 18.2 Å². The SMILES string of the molecule is COc1cc(C(=O)Nc2ccc(N3CCN(Cc4ccccc4F)CC3)cc2)cc(OC)c1OC. The second-order valence-corrected chi connectivity index (χ2v) is 8.27. The highest BCUT2D eigenvalue weighted by Crippen LogP contribution is 2.38. The van der Waals surface area contributed by atoms with Gasteiger partial charge < -0.3 is 24.4 Å². The first-order chi connectivity index (χ1) is 17.0. The van der Waals surface area contributed by atoms with Crippen LogP contribution in [0.2, 0.25) is 0 Å². The third kappa shape index (κ3) is 5.66. The van der Waals surface area contributed by atoms with Crippen molar-refractivity contribution in [2.45, 2.75) is 6.54 Å². The molecule has 8 heteroatoms. The van der Waals surface area contributed by atoms with Gasteiger partial charge in [-0.3, -0.25) is 9.69 Å². The van der Waals surface area contributed by atoms with Crippen LogP contribution in [-0.4, -0.2) is 58.3 Å². The van der Waals surface area contributed by atoms with Gasteiger partial charge in [-0.05, 0) is 42.5 Å². The van der Waals surface area contributed by atoms with E-state index in [4.69, 9.17) is 14.2 Å². The Kier molecular flexibility index (Phi) is 7.72. The molecule has 0 bridgehead atoms. The fourth-order valence-electron chi connectivity index (χ4n) is 4.20. The Bertz CT molecular complexity index is 1140. The van der Waals surface area contributed by atoms with Crippen molar-refractivity contribution in [1.29, 1.82) is 0 Å². The summed E-state index contributed by atoms with van der Waals surface area (Å²) in [7, 11) is 4.54. The predicted octanol–water partition coefficient (Wildman–Crippen LogP) is 4.43. The quantitative estimate of drug-likeness (QED) is 0.516. The summed E-state index contributed by atoms with van der Waals surface area (Å²) < 4.78 is 29.9. The van der Waals surface area contributed by atoms with E-state index in [2.05, 4.69) is 15.1 Å². The number of halogens is 1. The van der Waals surface area contributed by atoms with E-state index in [-0.39, 0.29) is 11.7 Å². The number of nitrogens with one attached hydrogen (secondary N) is 1.